The van der Waals surface area contributed by atoms with Crippen LogP contribution in [0.25, 0.3) is 0 Å². The molecule has 5 heteroatoms. The summed E-state index contributed by atoms with van der Waals surface area (Å²) in [6.45, 7) is 0.616. The summed E-state index contributed by atoms with van der Waals surface area (Å²) in [5, 5.41) is 3.56. The lowest BCUT2D eigenvalue weighted by atomic mass is 10.2. The highest BCUT2D eigenvalue weighted by atomic mass is 35.5. The quantitative estimate of drug-likeness (QED) is 0.828. The number of halogens is 1. The van der Waals surface area contributed by atoms with Gasteiger partial charge in [-0.15, -0.1) is 0 Å². The molecule has 1 N–H and O–H groups in total. The predicted octanol–water partition coefficient (Wildman–Crippen LogP) is 3.60. The Morgan fingerprint density at radius 3 is 2.95 bits per heavy atom. The van der Waals surface area contributed by atoms with Crippen molar-refractivity contribution in [1.29, 1.82) is 0 Å². The first-order valence-electron chi connectivity index (χ1n) is 5.89. The van der Waals surface area contributed by atoms with E-state index in [1.807, 2.05) is 24.3 Å². The zero-order valence-corrected chi connectivity index (χ0v) is 11.8. The van der Waals surface area contributed by atoms with Crippen LogP contribution in [-0.4, -0.2) is 18.2 Å². The average molecular weight is 296 g/mol. The lowest BCUT2D eigenvalue weighted by molar-refractivity contribution is 0.0928. The van der Waals surface area contributed by atoms with Crippen molar-refractivity contribution in [1.82, 2.24) is 5.32 Å². The van der Waals surface area contributed by atoms with Crippen LogP contribution in [0.5, 0.6) is 0 Å². The molecule has 1 aromatic carbocycles. The van der Waals surface area contributed by atoms with Crippen molar-refractivity contribution in [2.45, 2.75) is 5.75 Å². The predicted molar refractivity (Wildman–Crippen MR) is 78.7 cm³/mol. The average Bonchev–Trinajstić information content (AvgIpc) is 2.92. The maximum absolute atomic E-state index is 11.6. The molecule has 1 aromatic heterocycles. The fraction of sp³-hybridized carbons (Fsp3) is 0.214. The van der Waals surface area contributed by atoms with E-state index >= 15 is 0 Å². The van der Waals surface area contributed by atoms with Gasteiger partial charge in [0.15, 0.2) is 5.76 Å². The van der Waals surface area contributed by atoms with Gasteiger partial charge in [-0.3, -0.25) is 4.79 Å². The molecule has 0 aliphatic heterocycles. The first-order chi connectivity index (χ1) is 9.25. The molecule has 0 aliphatic carbocycles. The largest absolute Gasteiger partial charge is 0.459 e. The summed E-state index contributed by atoms with van der Waals surface area (Å²) in [5.41, 5.74) is 1.19. The van der Waals surface area contributed by atoms with Gasteiger partial charge in [-0.2, -0.15) is 11.8 Å². The fourth-order valence-corrected chi connectivity index (χ4v) is 2.57. The van der Waals surface area contributed by atoms with Gasteiger partial charge < -0.3 is 9.73 Å². The first kappa shape index (κ1) is 14.0. The van der Waals surface area contributed by atoms with E-state index in [9.17, 15) is 4.79 Å². The van der Waals surface area contributed by atoms with E-state index in [4.69, 9.17) is 16.0 Å². The van der Waals surface area contributed by atoms with Gasteiger partial charge in [-0.1, -0.05) is 23.7 Å². The number of furan rings is 1. The van der Waals surface area contributed by atoms with Gasteiger partial charge in [-0.05, 0) is 29.8 Å². The number of nitrogens with one attached hydrogen (secondary N) is 1. The van der Waals surface area contributed by atoms with Crippen molar-refractivity contribution in [3.63, 3.8) is 0 Å². The Kier molecular flexibility index (Phi) is 5.36. The standard InChI is InChI=1S/C14H14ClNO2S/c15-12-4-1-3-11(9-12)10-19-8-6-16-14(17)13-5-2-7-18-13/h1-5,7,9H,6,8,10H2,(H,16,17). The van der Waals surface area contributed by atoms with Gasteiger partial charge in [0, 0.05) is 23.1 Å². The lowest BCUT2D eigenvalue weighted by Crippen LogP contribution is -2.25. The number of carbonyl (C=O) groups is 1. The third kappa shape index (κ3) is 4.65. The molecule has 19 heavy (non-hydrogen) atoms. The van der Waals surface area contributed by atoms with Gasteiger partial charge in [0.25, 0.3) is 5.91 Å². The molecule has 0 unspecified atom stereocenters. The number of hydrogen-bond donors (Lipinski definition) is 1. The summed E-state index contributed by atoms with van der Waals surface area (Å²) >= 11 is 7.66. The van der Waals surface area contributed by atoms with Gasteiger partial charge in [0.1, 0.15) is 0 Å². The van der Waals surface area contributed by atoms with Gasteiger partial charge in [-0.25, -0.2) is 0 Å². The third-order valence-corrected chi connectivity index (χ3v) is 3.70. The maximum Gasteiger partial charge on any atom is 0.287 e. The monoisotopic (exact) mass is 295 g/mol. The molecule has 2 aromatic rings. The fourth-order valence-electron chi connectivity index (χ4n) is 1.55. The van der Waals surface area contributed by atoms with E-state index in [1.54, 1.807) is 23.9 Å². The number of carbonyl (C=O) groups excluding carboxylic acids is 1. The van der Waals surface area contributed by atoms with Crippen LogP contribution < -0.4 is 5.32 Å². The number of thioether (sulfide) groups is 1. The minimum atomic E-state index is -0.173. The Morgan fingerprint density at radius 2 is 2.21 bits per heavy atom. The summed E-state index contributed by atoms with van der Waals surface area (Å²) in [4.78, 5) is 11.6. The van der Waals surface area contributed by atoms with Gasteiger partial charge in [0.2, 0.25) is 0 Å². The smallest absolute Gasteiger partial charge is 0.287 e. The van der Waals surface area contributed by atoms with E-state index in [1.165, 1.54) is 11.8 Å². The first-order valence-corrected chi connectivity index (χ1v) is 7.43. The highest BCUT2D eigenvalue weighted by Crippen LogP contribution is 2.16. The number of hydrogen-bond acceptors (Lipinski definition) is 3. The Hall–Kier alpha value is -1.39. The summed E-state index contributed by atoms with van der Waals surface area (Å²) in [6.07, 6.45) is 1.49. The van der Waals surface area contributed by atoms with Crippen LogP contribution in [-0.2, 0) is 5.75 Å². The molecule has 1 heterocycles. The van der Waals surface area contributed by atoms with Crippen molar-refractivity contribution in [3.05, 3.63) is 59.0 Å². The van der Waals surface area contributed by atoms with Crippen LogP contribution in [0.4, 0.5) is 0 Å². The van der Waals surface area contributed by atoms with Crippen LogP contribution in [0.2, 0.25) is 5.02 Å². The van der Waals surface area contributed by atoms with Crippen molar-refractivity contribution >= 4 is 29.3 Å². The van der Waals surface area contributed by atoms with E-state index in [2.05, 4.69) is 5.32 Å². The van der Waals surface area contributed by atoms with Crippen LogP contribution >= 0.6 is 23.4 Å². The van der Waals surface area contributed by atoms with E-state index in [0.29, 0.717) is 12.3 Å². The molecule has 1 amide bonds. The maximum atomic E-state index is 11.6. The molecule has 0 aliphatic rings. The van der Waals surface area contributed by atoms with E-state index in [0.717, 1.165) is 16.5 Å². The third-order valence-electron chi connectivity index (χ3n) is 2.43. The van der Waals surface area contributed by atoms with E-state index < -0.39 is 0 Å². The number of amides is 1. The number of benzene rings is 1. The zero-order valence-electron chi connectivity index (χ0n) is 10.3. The molecule has 0 radical (unpaired) electrons. The van der Waals surface area contributed by atoms with Gasteiger partial charge >= 0.3 is 0 Å². The molecule has 0 bridgehead atoms. The molecule has 0 atom stereocenters. The minimum Gasteiger partial charge on any atom is -0.459 e. The highest BCUT2D eigenvalue weighted by Gasteiger charge is 2.06. The molecule has 0 fully saturated rings. The Balaban J connectivity index is 1.64. The molecule has 0 saturated carbocycles. The van der Waals surface area contributed by atoms with E-state index in [-0.39, 0.29) is 5.91 Å². The summed E-state index contributed by atoms with van der Waals surface area (Å²) in [6, 6.07) is 11.1. The van der Waals surface area contributed by atoms with Crippen LogP contribution in [0.3, 0.4) is 0 Å². The Morgan fingerprint density at radius 1 is 1.32 bits per heavy atom. The summed E-state index contributed by atoms with van der Waals surface area (Å²) in [7, 11) is 0. The summed E-state index contributed by atoms with van der Waals surface area (Å²) < 4.78 is 5.00. The van der Waals surface area contributed by atoms with Crippen molar-refractivity contribution in [2.24, 2.45) is 0 Å². The Bertz CT molecular complexity index is 528. The summed E-state index contributed by atoms with van der Waals surface area (Å²) in [5.74, 6) is 1.91. The zero-order chi connectivity index (χ0) is 13.5. The van der Waals surface area contributed by atoms with Crippen molar-refractivity contribution in [2.75, 3.05) is 12.3 Å². The molecule has 0 spiro atoms. The molecular weight excluding hydrogens is 282 g/mol. The van der Waals surface area contributed by atoms with Gasteiger partial charge in [0.05, 0.1) is 6.26 Å². The molecule has 0 saturated heterocycles. The molecule has 100 valence electrons. The van der Waals surface area contributed by atoms with Crippen molar-refractivity contribution < 1.29 is 9.21 Å². The second-order valence-electron chi connectivity index (χ2n) is 3.92. The second-order valence-corrected chi connectivity index (χ2v) is 5.46. The molecular formula is C14H14ClNO2S. The lowest BCUT2D eigenvalue weighted by Gasteiger charge is -2.04. The number of rotatable bonds is 6. The van der Waals surface area contributed by atoms with Crippen LogP contribution in [0.15, 0.2) is 47.1 Å². The topological polar surface area (TPSA) is 42.2 Å². The highest BCUT2D eigenvalue weighted by molar-refractivity contribution is 7.98. The minimum absolute atomic E-state index is 0.173. The Labute approximate surface area is 121 Å². The second kappa shape index (κ2) is 7.26. The van der Waals surface area contributed by atoms with Crippen LogP contribution in [0.1, 0.15) is 16.1 Å². The SMILES string of the molecule is O=C(NCCSCc1cccc(Cl)c1)c1ccco1. The van der Waals surface area contributed by atoms with Crippen LogP contribution in [0, 0.1) is 0 Å². The molecule has 2 rings (SSSR count). The normalized spacial score (nSPS) is 10.4. The van der Waals surface area contributed by atoms with Crippen molar-refractivity contribution in [3.8, 4) is 0 Å². The molecule has 3 nitrogen and oxygen atoms in total.